The minimum absolute atomic E-state index is 0.0494. The number of carbonyl (C=O) groups is 1. The SMILES string of the molecule is Cc1ocnc1COc1cc(C(=O)O)ccc1[N+](=O)[O-]. The number of hydrogen-bond donors (Lipinski definition) is 1. The molecule has 2 rings (SSSR count). The van der Waals surface area contributed by atoms with Crippen molar-refractivity contribution in [2.75, 3.05) is 0 Å². The van der Waals surface area contributed by atoms with Crippen molar-refractivity contribution in [2.45, 2.75) is 13.5 Å². The lowest BCUT2D eigenvalue weighted by molar-refractivity contribution is -0.386. The van der Waals surface area contributed by atoms with Gasteiger partial charge in [-0.05, 0) is 13.0 Å². The molecule has 1 aromatic carbocycles. The molecule has 0 aliphatic rings. The largest absolute Gasteiger partial charge is 0.480 e. The number of benzene rings is 1. The summed E-state index contributed by atoms with van der Waals surface area (Å²) in [5.41, 5.74) is 0.0821. The molecule has 1 N–H and O–H groups in total. The number of nitrogens with zero attached hydrogens (tertiary/aromatic N) is 2. The van der Waals surface area contributed by atoms with Gasteiger partial charge in [0.2, 0.25) is 0 Å². The van der Waals surface area contributed by atoms with E-state index in [1.54, 1.807) is 6.92 Å². The van der Waals surface area contributed by atoms with Gasteiger partial charge in [-0.3, -0.25) is 10.1 Å². The highest BCUT2D eigenvalue weighted by atomic mass is 16.6. The van der Waals surface area contributed by atoms with Crippen molar-refractivity contribution in [3.05, 3.63) is 51.7 Å². The number of ether oxygens (including phenoxy) is 1. The molecular formula is C12H10N2O6. The van der Waals surface area contributed by atoms with E-state index in [1.807, 2.05) is 0 Å². The fourth-order valence-corrected chi connectivity index (χ4v) is 1.53. The van der Waals surface area contributed by atoms with Crippen LogP contribution in [0.4, 0.5) is 5.69 Å². The van der Waals surface area contributed by atoms with Gasteiger partial charge in [-0.15, -0.1) is 0 Å². The highest BCUT2D eigenvalue weighted by molar-refractivity contribution is 5.88. The van der Waals surface area contributed by atoms with E-state index in [4.69, 9.17) is 14.3 Å². The average Bonchev–Trinajstić information content (AvgIpc) is 2.81. The Morgan fingerprint density at radius 1 is 1.55 bits per heavy atom. The Labute approximate surface area is 112 Å². The van der Waals surface area contributed by atoms with E-state index in [1.165, 1.54) is 6.39 Å². The lowest BCUT2D eigenvalue weighted by Gasteiger charge is -2.06. The van der Waals surface area contributed by atoms with Crippen molar-refractivity contribution in [3.63, 3.8) is 0 Å². The molecular weight excluding hydrogens is 268 g/mol. The molecule has 0 aliphatic heterocycles. The predicted octanol–water partition coefficient (Wildman–Crippen LogP) is 2.17. The van der Waals surface area contributed by atoms with Crippen LogP contribution in [0, 0.1) is 17.0 Å². The van der Waals surface area contributed by atoms with Crippen LogP contribution in [0.2, 0.25) is 0 Å². The maximum absolute atomic E-state index is 10.9. The van der Waals surface area contributed by atoms with Crippen molar-refractivity contribution in [2.24, 2.45) is 0 Å². The molecule has 0 saturated heterocycles. The number of carboxylic acids is 1. The molecule has 0 amide bonds. The lowest BCUT2D eigenvalue weighted by Crippen LogP contribution is -2.03. The molecule has 0 fully saturated rings. The second kappa shape index (κ2) is 5.39. The Bertz CT molecular complexity index is 664. The molecule has 8 heteroatoms. The van der Waals surface area contributed by atoms with E-state index < -0.39 is 10.9 Å². The van der Waals surface area contributed by atoms with Crippen LogP contribution in [0.5, 0.6) is 5.75 Å². The normalized spacial score (nSPS) is 10.2. The summed E-state index contributed by atoms with van der Waals surface area (Å²) < 4.78 is 10.3. The standard InChI is InChI=1S/C12H10N2O6/c1-7-9(13-6-20-7)5-19-11-4-8(12(15)16)2-3-10(11)14(17)18/h2-4,6H,5H2,1H3,(H,15,16). The van der Waals surface area contributed by atoms with Gasteiger partial charge in [-0.25, -0.2) is 9.78 Å². The van der Waals surface area contributed by atoms with Crippen LogP contribution in [0.1, 0.15) is 21.8 Å². The molecule has 0 radical (unpaired) electrons. The van der Waals surface area contributed by atoms with Crippen LogP contribution in [0.3, 0.4) is 0 Å². The molecule has 0 spiro atoms. The van der Waals surface area contributed by atoms with Crippen molar-refractivity contribution >= 4 is 11.7 Å². The number of nitro groups is 1. The summed E-state index contributed by atoms with van der Waals surface area (Å²) in [5.74, 6) is -0.790. The first kappa shape index (κ1) is 13.5. The van der Waals surface area contributed by atoms with Gasteiger partial charge in [0.1, 0.15) is 18.1 Å². The first-order valence-corrected chi connectivity index (χ1v) is 5.52. The molecule has 0 aliphatic carbocycles. The number of rotatable bonds is 5. The molecule has 1 aromatic heterocycles. The number of oxazole rings is 1. The summed E-state index contributed by atoms with van der Waals surface area (Å²) in [6, 6.07) is 3.35. The summed E-state index contributed by atoms with van der Waals surface area (Å²) >= 11 is 0. The van der Waals surface area contributed by atoms with E-state index in [2.05, 4.69) is 4.98 Å². The molecule has 0 unspecified atom stereocenters. The van der Waals surface area contributed by atoms with Gasteiger partial charge in [-0.1, -0.05) is 0 Å². The second-order valence-electron chi connectivity index (χ2n) is 3.89. The quantitative estimate of drug-likeness (QED) is 0.658. The minimum atomic E-state index is -1.19. The van der Waals surface area contributed by atoms with Crippen LogP contribution in [0.15, 0.2) is 29.0 Å². The zero-order chi connectivity index (χ0) is 14.7. The van der Waals surface area contributed by atoms with Crippen LogP contribution < -0.4 is 4.74 Å². The maximum Gasteiger partial charge on any atom is 0.335 e. The van der Waals surface area contributed by atoms with Gasteiger partial charge >= 0.3 is 11.7 Å². The first-order valence-electron chi connectivity index (χ1n) is 5.52. The van der Waals surface area contributed by atoms with Crippen molar-refractivity contribution in [3.8, 4) is 5.75 Å². The molecule has 0 saturated carbocycles. The first-order chi connectivity index (χ1) is 9.49. The Hall–Kier alpha value is -2.90. The number of aryl methyl sites for hydroxylation is 1. The summed E-state index contributed by atoms with van der Waals surface area (Å²) in [6.07, 6.45) is 1.23. The molecule has 0 bridgehead atoms. The third-order valence-corrected chi connectivity index (χ3v) is 2.61. The molecule has 1 heterocycles. The second-order valence-corrected chi connectivity index (χ2v) is 3.89. The van der Waals surface area contributed by atoms with Gasteiger partial charge < -0.3 is 14.3 Å². The number of nitro benzene ring substituents is 1. The summed E-state index contributed by atoms with van der Waals surface area (Å²) in [6.45, 7) is 1.63. The summed E-state index contributed by atoms with van der Waals surface area (Å²) in [5, 5.41) is 19.8. The lowest BCUT2D eigenvalue weighted by atomic mass is 10.2. The van der Waals surface area contributed by atoms with Gasteiger partial charge in [0.05, 0.1) is 10.5 Å². The van der Waals surface area contributed by atoms with Crippen LogP contribution in [0.25, 0.3) is 0 Å². The molecule has 8 nitrogen and oxygen atoms in total. The summed E-state index contributed by atoms with van der Waals surface area (Å²) in [7, 11) is 0. The Kier molecular flexibility index (Phi) is 3.65. The van der Waals surface area contributed by atoms with Crippen LogP contribution in [-0.2, 0) is 6.61 Å². The third-order valence-electron chi connectivity index (χ3n) is 2.61. The van der Waals surface area contributed by atoms with Crippen LogP contribution >= 0.6 is 0 Å². The third kappa shape index (κ3) is 2.74. The molecule has 20 heavy (non-hydrogen) atoms. The average molecular weight is 278 g/mol. The highest BCUT2D eigenvalue weighted by Gasteiger charge is 2.18. The number of hydrogen-bond acceptors (Lipinski definition) is 6. The predicted molar refractivity (Wildman–Crippen MR) is 65.6 cm³/mol. The zero-order valence-electron chi connectivity index (χ0n) is 10.4. The van der Waals surface area contributed by atoms with Gasteiger partial charge in [0, 0.05) is 12.1 Å². The van der Waals surface area contributed by atoms with Crippen molar-refractivity contribution in [1.82, 2.24) is 4.98 Å². The zero-order valence-corrected chi connectivity index (χ0v) is 10.4. The van der Waals surface area contributed by atoms with E-state index in [9.17, 15) is 14.9 Å². The van der Waals surface area contributed by atoms with Crippen molar-refractivity contribution < 1.29 is 24.0 Å². The fourth-order valence-electron chi connectivity index (χ4n) is 1.53. The topological polar surface area (TPSA) is 116 Å². The Morgan fingerprint density at radius 3 is 2.85 bits per heavy atom. The number of carboxylic acid groups (broad SMARTS) is 1. The van der Waals surface area contributed by atoms with E-state index in [0.717, 1.165) is 18.2 Å². The molecule has 2 aromatic rings. The molecule has 104 valence electrons. The van der Waals surface area contributed by atoms with Crippen LogP contribution in [-0.4, -0.2) is 21.0 Å². The Morgan fingerprint density at radius 2 is 2.30 bits per heavy atom. The summed E-state index contributed by atoms with van der Waals surface area (Å²) in [4.78, 5) is 25.0. The minimum Gasteiger partial charge on any atom is -0.480 e. The number of aromatic carboxylic acids is 1. The van der Waals surface area contributed by atoms with E-state index >= 15 is 0 Å². The number of aromatic nitrogens is 1. The van der Waals surface area contributed by atoms with Gasteiger partial charge in [0.25, 0.3) is 0 Å². The smallest absolute Gasteiger partial charge is 0.335 e. The van der Waals surface area contributed by atoms with Gasteiger partial charge in [0.15, 0.2) is 12.1 Å². The highest BCUT2D eigenvalue weighted by Crippen LogP contribution is 2.28. The van der Waals surface area contributed by atoms with E-state index in [-0.39, 0.29) is 23.6 Å². The van der Waals surface area contributed by atoms with Gasteiger partial charge in [-0.2, -0.15) is 0 Å². The molecule has 0 atom stereocenters. The maximum atomic E-state index is 10.9. The monoisotopic (exact) mass is 278 g/mol. The Balaban J connectivity index is 2.28. The fraction of sp³-hybridized carbons (Fsp3) is 0.167. The van der Waals surface area contributed by atoms with Crippen molar-refractivity contribution in [1.29, 1.82) is 0 Å². The van der Waals surface area contributed by atoms with E-state index in [0.29, 0.717) is 11.5 Å².